The molecule has 0 radical (unpaired) electrons. The first-order valence-corrected chi connectivity index (χ1v) is 8.33. The summed E-state index contributed by atoms with van der Waals surface area (Å²) in [5.41, 5.74) is 2.75. The van der Waals surface area contributed by atoms with E-state index >= 15 is 0 Å². The highest BCUT2D eigenvalue weighted by Gasteiger charge is 2.17. The van der Waals surface area contributed by atoms with Gasteiger partial charge in [0.1, 0.15) is 0 Å². The molecule has 0 saturated heterocycles. The summed E-state index contributed by atoms with van der Waals surface area (Å²) in [6, 6.07) is 2.21. The zero-order valence-electron chi connectivity index (χ0n) is 13.7. The highest BCUT2D eigenvalue weighted by molar-refractivity contribution is 7.09. The van der Waals surface area contributed by atoms with Crippen LogP contribution in [0.5, 0.6) is 0 Å². The van der Waals surface area contributed by atoms with Crippen LogP contribution in [0.15, 0.2) is 11.4 Å². The van der Waals surface area contributed by atoms with Crippen molar-refractivity contribution in [3.63, 3.8) is 0 Å². The molecule has 124 valence electrons. The minimum Gasteiger partial charge on any atom is -0.476 e. The summed E-state index contributed by atoms with van der Waals surface area (Å²) < 4.78 is 2.13. The van der Waals surface area contributed by atoms with Gasteiger partial charge in [0, 0.05) is 35.8 Å². The summed E-state index contributed by atoms with van der Waals surface area (Å²) in [6.07, 6.45) is 0.520. The van der Waals surface area contributed by atoms with Crippen molar-refractivity contribution >= 4 is 23.2 Å². The molecule has 7 heteroatoms. The Labute approximate surface area is 139 Å². The predicted octanol–water partition coefficient (Wildman–Crippen LogP) is 2.81. The number of nitrogens with zero attached hydrogens (tertiary/aromatic N) is 2. The lowest BCUT2D eigenvalue weighted by Gasteiger charge is -2.13. The first-order valence-electron chi connectivity index (χ1n) is 7.45. The Kier molecular flexibility index (Phi) is 5.20. The minimum atomic E-state index is -1.03. The van der Waals surface area contributed by atoms with Crippen LogP contribution in [0.2, 0.25) is 0 Å². The van der Waals surface area contributed by atoms with Crippen LogP contribution in [0.1, 0.15) is 57.1 Å². The lowest BCUT2D eigenvalue weighted by molar-refractivity contribution is 0.0690. The highest BCUT2D eigenvalue weighted by atomic mass is 32.1. The molecule has 2 aromatic rings. The number of hydrogen-bond donors (Lipinski definition) is 2. The zero-order valence-corrected chi connectivity index (χ0v) is 14.5. The number of rotatable bonds is 6. The van der Waals surface area contributed by atoms with Gasteiger partial charge >= 0.3 is 5.97 Å². The third-order valence-corrected chi connectivity index (χ3v) is 4.55. The molecule has 1 amide bonds. The van der Waals surface area contributed by atoms with Gasteiger partial charge in [-0.3, -0.25) is 4.79 Å². The van der Waals surface area contributed by atoms with E-state index in [0.717, 1.165) is 11.4 Å². The number of aryl methyl sites for hydroxylation is 1. The second kappa shape index (κ2) is 6.95. The topological polar surface area (TPSA) is 84.2 Å². The molecule has 0 aliphatic carbocycles. The Morgan fingerprint density at radius 3 is 2.61 bits per heavy atom. The Balaban J connectivity index is 1.97. The van der Waals surface area contributed by atoms with Crippen molar-refractivity contribution in [2.24, 2.45) is 0 Å². The van der Waals surface area contributed by atoms with Crippen molar-refractivity contribution in [1.82, 2.24) is 14.9 Å². The molecule has 2 N–H and O–H groups in total. The van der Waals surface area contributed by atoms with Crippen LogP contribution in [-0.4, -0.2) is 33.1 Å². The van der Waals surface area contributed by atoms with E-state index < -0.39 is 5.97 Å². The summed E-state index contributed by atoms with van der Waals surface area (Å²) in [5.74, 6) is -1.14. The predicted molar refractivity (Wildman–Crippen MR) is 89.4 cm³/mol. The minimum absolute atomic E-state index is 0.0526. The maximum absolute atomic E-state index is 12.3. The van der Waals surface area contributed by atoms with Gasteiger partial charge < -0.3 is 15.0 Å². The smallest absolute Gasteiger partial charge is 0.355 e. The second-order valence-electron chi connectivity index (χ2n) is 5.69. The summed E-state index contributed by atoms with van der Waals surface area (Å²) >= 11 is 1.29. The van der Waals surface area contributed by atoms with E-state index in [9.17, 15) is 9.59 Å². The third-order valence-electron chi connectivity index (χ3n) is 3.64. The molecule has 2 rings (SSSR count). The van der Waals surface area contributed by atoms with E-state index in [2.05, 4.69) is 28.7 Å². The monoisotopic (exact) mass is 335 g/mol. The van der Waals surface area contributed by atoms with Crippen molar-refractivity contribution in [3.05, 3.63) is 39.1 Å². The molecule has 2 heterocycles. The maximum atomic E-state index is 12.3. The van der Waals surface area contributed by atoms with Gasteiger partial charge in [-0.1, -0.05) is 0 Å². The van der Waals surface area contributed by atoms with Crippen molar-refractivity contribution in [3.8, 4) is 0 Å². The van der Waals surface area contributed by atoms with Gasteiger partial charge in [-0.25, -0.2) is 9.78 Å². The number of aromatic nitrogens is 2. The average molecular weight is 335 g/mol. The van der Waals surface area contributed by atoms with E-state index in [-0.39, 0.29) is 11.6 Å². The molecular formula is C16H21N3O3S. The molecule has 0 unspecified atom stereocenters. The Hall–Kier alpha value is -2.15. The van der Waals surface area contributed by atoms with Gasteiger partial charge in [0.25, 0.3) is 5.91 Å². The Morgan fingerprint density at radius 2 is 2.09 bits per heavy atom. The molecule has 0 saturated carbocycles. The fourth-order valence-corrected chi connectivity index (χ4v) is 3.48. The second-order valence-corrected chi connectivity index (χ2v) is 6.63. The molecule has 0 spiro atoms. The van der Waals surface area contributed by atoms with Crippen LogP contribution < -0.4 is 5.32 Å². The van der Waals surface area contributed by atoms with Crippen LogP contribution in [0, 0.1) is 13.8 Å². The van der Waals surface area contributed by atoms with Gasteiger partial charge in [-0.15, -0.1) is 11.3 Å². The van der Waals surface area contributed by atoms with Crippen molar-refractivity contribution in [1.29, 1.82) is 0 Å². The largest absolute Gasteiger partial charge is 0.476 e. The zero-order chi connectivity index (χ0) is 17.1. The molecule has 0 aliphatic heterocycles. The molecule has 0 fully saturated rings. The SMILES string of the molecule is Cc1cc(C(=O)NCCc2nc(C(=O)O)cs2)c(C)n1C(C)C. The summed E-state index contributed by atoms with van der Waals surface area (Å²) in [7, 11) is 0. The third kappa shape index (κ3) is 3.79. The van der Waals surface area contributed by atoms with Gasteiger partial charge in [-0.05, 0) is 33.8 Å². The van der Waals surface area contributed by atoms with E-state index in [1.807, 2.05) is 19.9 Å². The highest BCUT2D eigenvalue weighted by Crippen LogP contribution is 2.20. The van der Waals surface area contributed by atoms with E-state index in [0.29, 0.717) is 29.6 Å². The molecule has 2 aromatic heterocycles. The summed E-state index contributed by atoms with van der Waals surface area (Å²) in [5, 5.41) is 13.9. The van der Waals surface area contributed by atoms with Crippen molar-refractivity contribution < 1.29 is 14.7 Å². The summed E-state index contributed by atoms with van der Waals surface area (Å²) in [6.45, 7) is 8.54. The number of aromatic carboxylic acids is 1. The van der Waals surface area contributed by atoms with E-state index in [1.54, 1.807) is 0 Å². The normalized spacial score (nSPS) is 11.0. The van der Waals surface area contributed by atoms with Crippen molar-refractivity contribution in [2.45, 2.75) is 40.2 Å². The van der Waals surface area contributed by atoms with Crippen LogP contribution >= 0.6 is 11.3 Å². The van der Waals surface area contributed by atoms with Gasteiger partial charge in [0.15, 0.2) is 5.69 Å². The number of hydrogen-bond acceptors (Lipinski definition) is 4. The fraction of sp³-hybridized carbons (Fsp3) is 0.438. The standard InChI is InChI=1S/C16H21N3O3S/c1-9(2)19-10(3)7-12(11(19)4)15(20)17-6-5-14-18-13(8-23-14)16(21)22/h7-9H,5-6H2,1-4H3,(H,17,20)(H,21,22). The molecule has 0 aliphatic rings. The quantitative estimate of drug-likeness (QED) is 0.850. The number of amides is 1. The van der Waals surface area contributed by atoms with E-state index in [1.165, 1.54) is 16.7 Å². The lowest BCUT2D eigenvalue weighted by atomic mass is 10.2. The molecule has 0 bridgehead atoms. The summed E-state index contributed by atoms with van der Waals surface area (Å²) in [4.78, 5) is 27.1. The molecule has 0 atom stereocenters. The van der Waals surface area contributed by atoms with Crippen LogP contribution in [-0.2, 0) is 6.42 Å². The Bertz CT molecular complexity index is 731. The van der Waals surface area contributed by atoms with Crippen molar-refractivity contribution in [2.75, 3.05) is 6.54 Å². The average Bonchev–Trinajstić information content (AvgIpc) is 3.03. The van der Waals surface area contributed by atoms with Gasteiger partial charge in [-0.2, -0.15) is 0 Å². The maximum Gasteiger partial charge on any atom is 0.355 e. The number of thiazole rings is 1. The number of carbonyl (C=O) groups is 2. The molecular weight excluding hydrogens is 314 g/mol. The first-order chi connectivity index (χ1) is 10.8. The number of nitrogens with one attached hydrogen (secondary N) is 1. The Morgan fingerprint density at radius 1 is 1.39 bits per heavy atom. The number of carboxylic acids is 1. The first kappa shape index (κ1) is 17.2. The van der Waals surface area contributed by atoms with Crippen LogP contribution in [0.4, 0.5) is 0 Å². The van der Waals surface area contributed by atoms with Gasteiger partial charge in [0.2, 0.25) is 0 Å². The number of carbonyl (C=O) groups excluding carboxylic acids is 1. The van der Waals surface area contributed by atoms with Gasteiger partial charge in [0.05, 0.1) is 10.6 Å². The molecule has 0 aromatic carbocycles. The lowest BCUT2D eigenvalue weighted by Crippen LogP contribution is -2.26. The van der Waals surface area contributed by atoms with Crippen LogP contribution in [0.25, 0.3) is 0 Å². The fourth-order valence-electron chi connectivity index (χ4n) is 2.70. The molecule has 6 nitrogen and oxygen atoms in total. The number of carboxylic acid groups (broad SMARTS) is 1. The van der Waals surface area contributed by atoms with Crippen LogP contribution in [0.3, 0.4) is 0 Å². The van der Waals surface area contributed by atoms with E-state index in [4.69, 9.17) is 5.11 Å². The molecule has 23 heavy (non-hydrogen) atoms.